The number of nitrogens with zero attached hydrogens (tertiary/aromatic N) is 7. The van der Waals surface area contributed by atoms with Gasteiger partial charge in [-0.25, -0.2) is 8.78 Å². The monoisotopic (exact) mass is 443 g/mol. The standard InChI is InChI=1S/C21H23F2N7O2/c1-13-24-28-30(27-13)12-18-11-17(20(22)23)4-3-15(18)5-6-19(31)29-9-7-16(8-10-29)21-26-25-14(2)32-21/h3-6,11,16,20H,7-10,12H2,1-2H3/b6-5+. The van der Waals surface area contributed by atoms with Crippen molar-refractivity contribution in [3.8, 4) is 0 Å². The third-order valence-corrected chi connectivity index (χ3v) is 5.39. The van der Waals surface area contributed by atoms with Crippen LogP contribution in [-0.2, 0) is 11.3 Å². The molecule has 2 aromatic heterocycles. The lowest BCUT2D eigenvalue weighted by molar-refractivity contribution is -0.127. The molecule has 1 aliphatic heterocycles. The molecule has 0 spiro atoms. The summed E-state index contributed by atoms with van der Waals surface area (Å²) in [5.74, 6) is 1.65. The van der Waals surface area contributed by atoms with E-state index < -0.39 is 6.43 Å². The van der Waals surface area contributed by atoms with Crippen molar-refractivity contribution in [2.45, 2.75) is 45.6 Å². The minimum Gasteiger partial charge on any atom is -0.425 e. The van der Waals surface area contributed by atoms with E-state index in [4.69, 9.17) is 4.42 Å². The molecule has 3 heterocycles. The summed E-state index contributed by atoms with van der Waals surface area (Å²) in [5.41, 5.74) is 1.13. The van der Waals surface area contributed by atoms with E-state index in [1.165, 1.54) is 23.0 Å². The fraction of sp³-hybridized carbons (Fsp3) is 0.429. The fourth-order valence-electron chi connectivity index (χ4n) is 3.69. The second-order valence-electron chi connectivity index (χ2n) is 7.72. The van der Waals surface area contributed by atoms with Gasteiger partial charge in [0.15, 0.2) is 5.82 Å². The van der Waals surface area contributed by atoms with E-state index >= 15 is 0 Å². The summed E-state index contributed by atoms with van der Waals surface area (Å²) in [6.45, 7) is 4.77. The zero-order valence-electron chi connectivity index (χ0n) is 17.8. The summed E-state index contributed by atoms with van der Waals surface area (Å²) in [6.07, 6.45) is 2.00. The van der Waals surface area contributed by atoms with Crippen LogP contribution in [0.5, 0.6) is 0 Å². The number of halogens is 2. The molecule has 0 bridgehead atoms. The fourth-order valence-corrected chi connectivity index (χ4v) is 3.69. The Hall–Kier alpha value is -3.50. The quantitative estimate of drug-likeness (QED) is 0.540. The van der Waals surface area contributed by atoms with Gasteiger partial charge in [0.05, 0.1) is 6.54 Å². The lowest BCUT2D eigenvalue weighted by atomic mass is 9.96. The van der Waals surface area contributed by atoms with Crippen LogP contribution in [0.1, 0.15) is 59.5 Å². The molecular formula is C21H23F2N7O2. The Kier molecular flexibility index (Phi) is 6.33. The van der Waals surface area contributed by atoms with Crippen molar-refractivity contribution in [1.29, 1.82) is 0 Å². The van der Waals surface area contributed by atoms with E-state index in [1.807, 2.05) is 0 Å². The Balaban J connectivity index is 1.44. The van der Waals surface area contributed by atoms with Crippen LogP contribution in [-0.4, -0.2) is 54.3 Å². The number of hydrogen-bond donors (Lipinski definition) is 0. The third-order valence-electron chi connectivity index (χ3n) is 5.39. The average Bonchev–Trinajstić information content (AvgIpc) is 3.40. The topological polar surface area (TPSA) is 103 Å². The molecule has 0 radical (unpaired) electrons. The summed E-state index contributed by atoms with van der Waals surface area (Å²) in [4.78, 5) is 15.8. The van der Waals surface area contributed by atoms with E-state index in [0.29, 0.717) is 41.8 Å². The van der Waals surface area contributed by atoms with Gasteiger partial charge in [-0.3, -0.25) is 4.79 Å². The molecule has 1 amide bonds. The van der Waals surface area contributed by atoms with E-state index in [2.05, 4.69) is 25.6 Å². The Morgan fingerprint density at radius 3 is 2.62 bits per heavy atom. The molecule has 11 heteroatoms. The van der Waals surface area contributed by atoms with E-state index in [-0.39, 0.29) is 23.9 Å². The first kappa shape index (κ1) is 21.7. The largest absolute Gasteiger partial charge is 0.425 e. The zero-order chi connectivity index (χ0) is 22.7. The van der Waals surface area contributed by atoms with Gasteiger partial charge in [0.25, 0.3) is 6.43 Å². The van der Waals surface area contributed by atoms with Gasteiger partial charge >= 0.3 is 0 Å². The van der Waals surface area contributed by atoms with Gasteiger partial charge in [0.2, 0.25) is 17.7 Å². The van der Waals surface area contributed by atoms with Crippen molar-refractivity contribution < 1.29 is 18.0 Å². The van der Waals surface area contributed by atoms with Crippen molar-refractivity contribution >= 4 is 12.0 Å². The second-order valence-corrected chi connectivity index (χ2v) is 7.72. The van der Waals surface area contributed by atoms with Gasteiger partial charge in [0.1, 0.15) is 0 Å². The van der Waals surface area contributed by atoms with Crippen LogP contribution in [0.3, 0.4) is 0 Å². The number of piperidine rings is 1. The molecule has 1 aliphatic rings. The molecule has 1 fully saturated rings. The summed E-state index contributed by atoms with van der Waals surface area (Å²) < 4.78 is 31.9. The van der Waals surface area contributed by atoms with Crippen LogP contribution in [0.25, 0.3) is 6.08 Å². The summed E-state index contributed by atoms with van der Waals surface area (Å²) in [5, 5.41) is 19.8. The molecule has 4 rings (SSSR count). The molecule has 168 valence electrons. The molecule has 1 saturated heterocycles. The smallest absolute Gasteiger partial charge is 0.263 e. The number of carbonyl (C=O) groups is 1. The molecule has 3 aromatic rings. The maximum Gasteiger partial charge on any atom is 0.263 e. The maximum absolute atomic E-state index is 13.2. The highest BCUT2D eigenvalue weighted by Gasteiger charge is 2.26. The molecule has 0 aliphatic carbocycles. The molecule has 0 N–H and O–H groups in total. The van der Waals surface area contributed by atoms with E-state index in [9.17, 15) is 13.6 Å². The first-order chi connectivity index (χ1) is 15.4. The summed E-state index contributed by atoms with van der Waals surface area (Å²) in [6, 6.07) is 4.34. The first-order valence-corrected chi connectivity index (χ1v) is 10.3. The SMILES string of the molecule is Cc1nnn(Cc2cc(C(F)F)ccc2/C=C/C(=O)N2CCC(c3nnc(C)o3)CC2)n1. The summed E-state index contributed by atoms with van der Waals surface area (Å²) in [7, 11) is 0. The number of likely N-dealkylation sites (tertiary alicyclic amines) is 1. The van der Waals surface area contributed by atoms with Crippen molar-refractivity contribution in [1.82, 2.24) is 35.3 Å². The molecule has 0 saturated carbocycles. The minimum absolute atomic E-state index is 0.0985. The third kappa shape index (κ3) is 5.04. The van der Waals surface area contributed by atoms with Crippen molar-refractivity contribution in [2.24, 2.45) is 0 Å². The highest BCUT2D eigenvalue weighted by molar-refractivity contribution is 5.92. The number of benzene rings is 1. The number of alkyl halides is 2. The highest BCUT2D eigenvalue weighted by Crippen LogP contribution is 2.27. The molecule has 9 nitrogen and oxygen atoms in total. The van der Waals surface area contributed by atoms with Crippen LogP contribution >= 0.6 is 0 Å². The van der Waals surface area contributed by atoms with Crippen molar-refractivity contribution in [3.05, 3.63) is 58.6 Å². The van der Waals surface area contributed by atoms with Crippen LogP contribution in [0, 0.1) is 13.8 Å². The van der Waals surface area contributed by atoms with Crippen LogP contribution in [0.2, 0.25) is 0 Å². The Labute approximate surface area is 183 Å². The average molecular weight is 443 g/mol. The van der Waals surface area contributed by atoms with Crippen LogP contribution in [0.4, 0.5) is 8.78 Å². The van der Waals surface area contributed by atoms with Gasteiger partial charge in [-0.2, -0.15) is 4.80 Å². The molecule has 32 heavy (non-hydrogen) atoms. The normalized spacial score (nSPS) is 15.2. The minimum atomic E-state index is -2.59. The number of hydrogen-bond acceptors (Lipinski definition) is 7. The predicted octanol–water partition coefficient (Wildman–Crippen LogP) is 3.08. The predicted molar refractivity (Wildman–Crippen MR) is 110 cm³/mol. The van der Waals surface area contributed by atoms with Gasteiger partial charge in [-0.05, 0) is 48.2 Å². The number of rotatable bonds is 6. The van der Waals surface area contributed by atoms with Gasteiger partial charge in [0, 0.05) is 37.6 Å². The Morgan fingerprint density at radius 2 is 2.00 bits per heavy atom. The lowest BCUT2D eigenvalue weighted by Crippen LogP contribution is -2.36. The second kappa shape index (κ2) is 9.33. The molecule has 1 aromatic carbocycles. The number of tetrazole rings is 1. The van der Waals surface area contributed by atoms with Gasteiger partial charge in [-0.15, -0.1) is 20.4 Å². The number of aryl methyl sites for hydroxylation is 2. The van der Waals surface area contributed by atoms with Crippen molar-refractivity contribution in [2.75, 3.05) is 13.1 Å². The highest BCUT2D eigenvalue weighted by atomic mass is 19.3. The summed E-state index contributed by atoms with van der Waals surface area (Å²) >= 11 is 0. The Bertz CT molecular complexity index is 1120. The van der Waals surface area contributed by atoms with Gasteiger partial charge in [-0.1, -0.05) is 12.1 Å². The van der Waals surface area contributed by atoms with E-state index in [0.717, 1.165) is 12.8 Å². The number of amides is 1. The number of carbonyl (C=O) groups excluding carboxylic acids is 1. The Morgan fingerprint density at radius 1 is 1.22 bits per heavy atom. The lowest BCUT2D eigenvalue weighted by Gasteiger charge is -2.29. The van der Waals surface area contributed by atoms with Crippen molar-refractivity contribution in [3.63, 3.8) is 0 Å². The van der Waals surface area contributed by atoms with Crippen LogP contribution in [0.15, 0.2) is 28.7 Å². The molecule has 0 unspecified atom stereocenters. The zero-order valence-corrected chi connectivity index (χ0v) is 17.8. The van der Waals surface area contributed by atoms with Gasteiger partial charge < -0.3 is 9.32 Å². The first-order valence-electron chi connectivity index (χ1n) is 10.3. The molecule has 0 atom stereocenters. The molecular weight excluding hydrogens is 420 g/mol. The van der Waals surface area contributed by atoms with Crippen LogP contribution < -0.4 is 0 Å². The number of aromatic nitrogens is 6. The maximum atomic E-state index is 13.2. The van der Waals surface area contributed by atoms with E-state index in [1.54, 1.807) is 30.9 Å².